The van der Waals surface area contributed by atoms with Gasteiger partial charge in [0.15, 0.2) is 0 Å². The van der Waals surface area contributed by atoms with Crippen LogP contribution in [0.3, 0.4) is 0 Å². The van der Waals surface area contributed by atoms with Crippen LogP contribution in [0.5, 0.6) is 0 Å². The predicted molar refractivity (Wildman–Crippen MR) is 123 cm³/mol. The van der Waals surface area contributed by atoms with Crippen molar-refractivity contribution in [1.29, 1.82) is 0 Å². The van der Waals surface area contributed by atoms with Gasteiger partial charge in [-0.1, -0.05) is 26.0 Å². The maximum absolute atomic E-state index is 12.6. The number of rotatable bonds is 7. The van der Waals surface area contributed by atoms with Crippen molar-refractivity contribution >= 4 is 29.3 Å². The zero-order chi connectivity index (χ0) is 21.7. The molecule has 1 fully saturated rings. The number of aromatic nitrogens is 2. The quantitative estimate of drug-likeness (QED) is 0.733. The van der Waals surface area contributed by atoms with Crippen LogP contribution in [0.2, 0.25) is 0 Å². The van der Waals surface area contributed by atoms with Gasteiger partial charge in [-0.15, -0.1) is 0 Å². The molecule has 0 atom stereocenters. The lowest BCUT2D eigenvalue weighted by Gasteiger charge is -2.26. The fourth-order valence-electron chi connectivity index (χ4n) is 3.68. The van der Waals surface area contributed by atoms with Crippen LogP contribution >= 0.6 is 11.8 Å². The van der Waals surface area contributed by atoms with E-state index in [-0.39, 0.29) is 11.8 Å². The highest BCUT2D eigenvalue weighted by Crippen LogP contribution is 2.17. The zero-order valence-electron chi connectivity index (χ0n) is 18.4. The molecule has 30 heavy (non-hydrogen) atoms. The van der Waals surface area contributed by atoms with Crippen molar-refractivity contribution in [2.45, 2.75) is 47.1 Å². The van der Waals surface area contributed by atoms with Crippen molar-refractivity contribution in [2.75, 3.05) is 29.9 Å². The minimum atomic E-state index is -0.0556. The zero-order valence-corrected chi connectivity index (χ0v) is 19.2. The highest BCUT2D eigenvalue weighted by molar-refractivity contribution is 7.99. The lowest BCUT2D eigenvalue weighted by Crippen LogP contribution is -2.38. The average molecular weight is 429 g/mol. The van der Waals surface area contributed by atoms with Crippen LogP contribution in [0, 0.1) is 19.8 Å². The molecular formula is C23H32N4O2S. The summed E-state index contributed by atoms with van der Waals surface area (Å²) in [5.74, 6) is 2.66. The van der Waals surface area contributed by atoms with Crippen molar-refractivity contribution < 1.29 is 9.59 Å². The van der Waals surface area contributed by atoms with Gasteiger partial charge in [-0.2, -0.15) is 16.9 Å². The average Bonchev–Trinajstić information content (AvgIpc) is 2.97. The summed E-state index contributed by atoms with van der Waals surface area (Å²) in [6.45, 7) is 10.8. The van der Waals surface area contributed by atoms with Gasteiger partial charge in [0, 0.05) is 48.1 Å². The van der Waals surface area contributed by atoms with E-state index in [9.17, 15) is 9.59 Å². The van der Waals surface area contributed by atoms with Crippen LogP contribution in [0.4, 0.5) is 5.69 Å². The third-order valence-corrected chi connectivity index (χ3v) is 6.31. The van der Waals surface area contributed by atoms with Crippen LogP contribution in [0.1, 0.15) is 36.4 Å². The highest BCUT2D eigenvalue weighted by Gasteiger charge is 2.18. The fourth-order valence-corrected chi connectivity index (χ4v) is 4.59. The molecule has 2 aromatic rings. The number of amides is 2. The van der Waals surface area contributed by atoms with Gasteiger partial charge in [0.2, 0.25) is 11.8 Å². The Morgan fingerprint density at radius 2 is 1.77 bits per heavy atom. The monoisotopic (exact) mass is 428 g/mol. The Labute approximate surface area is 183 Å². The summed E-state index contributed by atoms with van der Waals surface area (Å²) in [5, 5.41) is 7.55. The summed E-state index contributed by atoms with van der Waals surface area (Å²) >= 11 is 1.90. The molecule has 6 nitrogen and oxygen atoms in total. The van der Waals surface area contributed by atoms with E-state index in [1.54, 1.807) is 0 Å². The molecule has 0 saturated carbocycles. The Bertz CT molecular complexity index is 883. The van der Waals surface area contributed by atoms with Gasteiger partial charge < -0.3 is 10.2 Å². The first-order valence-electron chi connectivity index (χ1n) is 10.6. The molecule has 1 saturated heterocycles. The van der Waals surface area contributed by atoms with Crippen molar-refractivity contribution in [1.82, 2.24) is 14.7 Å². The maximum atomic E-state index is 12.6. The maximum Gasteiger partial charge on any atom is 0.228 e. The molecule has 1 aromatic carbocycles. The van der Waals surface area contributed by atoms with Gasteiger partial charge in [-0.3, -0.25) is 14.3 Å². The first-order chi connectivity index (χ1) is 14.3. The Kier molecular flexibility index (Phi) is 7.58. The number of carbonyl (C=O) groups is 2. The second kappa shape index (κ2) is 10.2. The SMILES string of the molecule is Cc1nn(CC(C)C)c(C)c1CC(=O)Nc1ccc(CC(=O)N2CCSCC2)cc1. The molecule has 1 N–H and O–H groups in total. The van der Waals surface area contributed by atoms with Crippen LogP contribution in [0.15, 0.2) is 24.3 Å². The summed E-state index contributed by atoms with van der Waals surface area (Å²) < 4.78 is 2.00. The molecule has 0 aliphatic carbocycles. The number of hydrogen-bond donors (Lipinski definition) is 1. The van der Waals surface area contributed by atoms with Gasteiger partial charge in [0.25, 0.3) is 0 Å². The Hall–Kier alpha value is -2.28. The molecule has 2 heterocycles. The number of carbonyl (C=O) groups excluding carboxylic acids is 2. The highest BCUT2D eigenvalue weighted by atomic mass is 32.2. The van der Waals surface area contributed by atoms with E-state index in [2.05, 4.69) is 24.3 Å². The molecule has 3 rings (SSSR count). The molecule has 0 unspecified atom stereocenters. The standard InChI is InChI=1S/C23H32N4O2S/c1-16(2)15-27-18(4)21(17(3)25-27)14-22(28)24-20-7-5-19(6-8-20)13-23(29)26-9-11-30-12-10-26/h5-8,16H,9-15H2,1-4H3,(H,24,28). The summed E-state index contributed by atoms with van der Waals surface area (Å²) in [4.78, 5) is 26.9. The molecule has 0 radical (unpaired) electrons. The minimum Gasteiger partial charge on any atom is -0.341 e. The summed E-state index contributed by atoms with van der Waals surface area (Å²) in [5.41, 5.74) is 4.68. The van der Waals surface area contributed by atoms with E-state index < -0.39 is 0 Å². The van der Waals surface area contributed by atoms with Crippen molar-refractivity contribution in [3.8, 4) is 0 Å². The normalized spacial score (nSPS) is 14.2. The molecule has 1 aliphatic rings. The first-order valence-corrected chi connectivity index (χ1v) is 11.8. The minimum absolute atomic E-state index is 0.0556. The van der Waals surface area contributed by atoms with E-state index in [1.165, 1.54) is 0 Å². The predicted octanol–water partition coefficient (Wildman–Crippen LogP) is 3.46. The van der Waals surface area contributed by atoms with Crippen molar-refractivity contribution in [2.24, 2.45) is 5.92 Å². The van der Waals surface area contributed by atoms with Crippen LogP contribution in [0.25, 0.3) is 0 Å². The van der Waals surface area contributed by atoms with Gasteiger partial charge in [0.1, 0.15) is 0 Å². The van der Waals surface area contributed by atoms with Gasteiger partial charge in [0.05, 0.1) is 18.5 Å². The summed E-state index contributed by atoms with van der Waals surface area (Å²) in [6.07, 6.45) is 0.718. The number of nitrogens with zero attached hydrogens (tertiary/aromatic N) is 3. The van der Waals surface area contributed by atoms with E-state index in [0.717, 1.165) is 59.3 Å². The molecule has 162 valence electrons. The van der Waals surface area contributed by atoms with Crippen LogP contribution in [-0.4, -0.2) is 51.1 Å². The van der Waals surface area contributed by atoms with Crippen molar-refractivity contribution in [3.63, 3.8) is 0 Å². The molecule has 0 bridgehead atoms. The largest absolute Gasteiger partial charge is 0.341 e. The lowest BCUT2D eigenvalue weighted by atomic mass is 10.1. The topological polar surface area (TPSA) is 67.2 Å². The number of hydrogen-bond acceptors (Lipinski definition) is 4. The van der Waals surface area contributed by atoms with E-state index >= 15 is 0 Å². The second-order valence-corrected chi connectivity index (χ2v) is 9.54. The molecule has 1 aromatic heterocycles. The fraction of sp³-hybridized carbons (Fsp3) is 0.522. The lowest BCUT2D eigenvalue weighted by molar-refractivity contribution is -0.130. The molecular weight excluding hydrogens is 396 g/mol. The Balaban J connectivity index is 1.56. The Morgan fingerprint density at radius 3 is 2.40 bits per heavy atom. The van der Waals surface area contributed by atoms with Crippen LogP contribution in [-0.2, 0) is 29.0 Å². The number of aryl methyl sites for hydroxylation is 1. The third-order valence-electron chi connectivity index (χ3n) is 5.36. The molecule has 1 aliphatic heterocycles. The van der Waals surface area contributed by atoms with Crippen molar-refractivity contribution in [3.05, 3.63) is 46.8 Å². The van der Waals surface area contributed by atoms with E-state index in [1.807, 2.05) is 59.5 Å². The van der Waals surface area contributed by atoms with Gasteiger partial charge in [-0.05, 0) is 37.5 Å². The van der Waals surface area contributed by atoms with E-state index in [0.29, 0.717) is 18.8 Å². The Morgan fingerprint density at radius 1 is 1.10 bits per heavy atom. The van der Waals surface area contributed by atoms with Gasteiger partial charge >= 0.3 is 0 Å². The molecule has 0 spiro atoms. The number of nitrogens with one attached hydrogen (secondary N) is 1. The third kappa shape index (κ3) is 5.88. The van der Waals surface area contributed by atoms with Crippen LogP contribution < -0.4 is 5.32 Å². The summed E-state index contributed by atoms with van der Waals surface area (Å²) in [7, 11) is 0. The first kappa shape index (κ1) is 22.4. The number of thioether (sulfide) groups is 1. The number of benzene rings is 1. The summed E-state index contributed by atoms with van der Waals surface area (Å²) in [6, 6.07) is 7.58. The van der Waals surface area contributed by atoms with E-state index in [4.69, 9.17) is 0 Å². The molecule has 2 amide bonds. The van der Waals surface area contributed by atoms with Gasteiger partial charge in [-0.25, -0.2) is 0 Å². The number of anilines is 1. The second-order valence-electron chi connectivity index (χ2n) is 8.32. The smallest absolute Gasteiger partial charge is 0.228 e. The molecule has 7 heteroatoms.